The van der Waals surface area contributed by atoms with Crippen LogP contribution in [0.15, 0.2) is 84.9 Å². The summed E-state index contributed by atoms with van der Waals surface area (Å²) in [6, 6.07) is 29.6. The van der Waals surface area contributed by atoms with Gasteiger partial charge in [-0.05, 0) is 53.4 Å². The number of hydrogen-bond acceptors (Lipinski definition) is 2. The average molecular weight is 367 g/mol. The number of rotatable bonds is 6. The van der Waals surface area contributed by atoms with Crippen molar-refractivity contribution in [1.29, 1.82) is 0 Å². The van der Waals surface area contributed by atoms with Crippen molar-refractivity contribution in [2.24, 2.45) is 0 Å². The van der Waals surface area contributed by atoms with E-state index in [4.69, 9.17) is 4.74 Å². The van der Waals surface area contributed by atoms with Crippen molar-refractivity contribution in [3.63, 3.8) is 0 Å². The molecule has 2 nitrogen and oxygen atoms in total. The van der Waals surface area contributed by atoms with E-state index in [1.54, 1.807) is 0 Å². The first-order valence-corrected chi connectivity index (χ1v) is 9.69. The lowest BCUT2D eigenvalue weighted by Crippen LogP contribution is -2.05. The van der Waals surface area contributed by atoms with Crippen LogP contribution in [0.1, 0.15) is 22.3 Å². The summed E-state index contributed by atoms with van der Waals surface area (Å²) < 4.78 is 6.23. The summed E-state index contributed by atoms with van der Waals surface area (Å²) >= 11 is 0. The average Bonchev–Trinajstić information content (AvgIpc) is 2.73. The van der Waals surface area contributed by atoms with Crippen LogP contribution in [0.25, 0.3) is 10.8 Å². The van der Waals surface area contributed by atoms with E-state index in [9.17, 15) is 0 Å². The van der Waals surface area contributed by atoms with Crippen molar-refractivity contribution in [1.82, 2.24) is 0 Å². The molecule has 4 aromatic carbocycles. The molecule has 4 aromatic rings. The first-order valence-electron chi connectivity index (χ1n) is 9.69. The summed E-state index contributed by atoms with van der Waals surface area (Å²) in [4.78, 5) is 0. The van der Waals surface area contributed by atoms with Crippen LogP contribution in [0.4, 0.5) is 5.69 Å². The molecular formula is C26H25NO. The Kier molecular flexibility index (Phi) is 5.29. The number of anilines is 1. The summed E-state index contributed by atoms with van der Waals surface area (Å²) in [5.74, 6) is 0.924. The number of ether oxygens (including phenoxy) is 1. The van der Waals surface area contributed by atoms with E-state index >= 15 is 0 Å². The summed E-state index contributed by atoms with van der Waals surface area (Å²) in [7, 11) is 0. The maximum atomic E-state index is 6.23. The molecule has 140 valence electrons. The fourth-order valence-corrected chi connectivity index (χ4v) is 3.48. The van der Waals surface area contributed by atoms with Crippen LogP contribution in [-0.4, -0.2) is 0 Å². The second-order valence-electron chi connectivity index (χ2n) is 7.21. The number of benzene rings is 4. The maximum Gasteiger partial charge on any atom is 0.124 e. The Morgan fingerprint density at radius 2 is 1.50 bits per heavy atom. The van der Waals surface area contributed by atoms with Crippen LogP contribution in [0.2, 0.25) is 0 Å². The molecular weight excluding hydrogens is 342 g/mol. The smallest absolute Gasteiger partial charge is 0.124 e. The number of hydrogen-bond donors (Lipinski definition) is 1. The fourth-order valence-electron chi connectivity index (χ4n) is 3.48. The molecule has 28 heavy (non-hydrogen) atoms. The lowest BCUT2D eigenvalue weighted by Gasteiger charge is -2.15. The molecule has 0 saturated heterocycles. The molecule has 0 unspecified atom stereocenters. The zero-order valence-electron chi connectivity index (χ0n) is 16.4. The van der Waals surface area contributed by atoms with Gasteiger partial charge in [-0.1, -0.05) is 72.8 Å². The molecule has 2 heteroatoms. The minimum atomic E-state index is 0.557. The van der Waals surface area contributed by atoms with Gasteiger partial charge in [0.1, 0.15) is 12.4 Å². The van der Waals surface area contributed by atoms with E-state index in [0.29, 0.717) is 6.61 Å². The summed E-state index contributed by atoms with van der Waals surface area (Å²) in [6.07, 6.45) is 0. The number of aryl methyl sites for hydroxylation is 2. The van der Waals surface area contributed by atoms with E-state index in [1.165, 1.54) is 33.2 Å². The maximum absolute atomic E-state index is 6.23. The Balaban J connectivity index is 1.51. The number of fused-ring (bicyclic) bond motifs is 1. The van der Waals surface area contributed by atoms with Crippen molar-refractivity contribution in [2.75, 3.05) is 5.32 Å². The lowest BCUT2D eigenvalue weighted by atomic mass is 10.1. The molecule has 0 fully saturated rings. The second kappa shape index (κ2) is 8.18. The van der Waals surface area contributed by atoms with Gasteiger partial charge in [0, 0.05) is 17.8 Å². The zero-order valence-corrected chi connectivity index (χ0v) is 16.4. The fraction of sp³-hybridized carbons (Fsp3) is 0.154. The van der Waals surface area contributed by atoms with Crippen molar-refractivity contribution >= 4 is 16.5 Å². The third-order valence-corrected chi connectivity index (χ3v) is 5.10. The topological polar surface area (TPSA) is 21.3 Å². The van der Waals surface area contributed by atoms with Gasteiger partial charge in [-0.3, -0.25) is 0 Å². The van der Waals surface area contributed by atoms with Crippen molar-refractivity contribution < 1.29 is 4.74 Å². The van der Waals surface area contributed by atoms with Crippen LogP contribution in [0.5, 0.6) is 5.75 Å². The van der Waals surface area contributed by atoms with Gasteiger partial charge in [-0.25, -0.2) is 0 Å². The molecule has 0 radical (unpaired) electrons. The highest BCUT2D eigenvalue weighted by atomic mass is 16.5. The summed E-state index contributed by atoms with van der Waals surface area (Å²) in [6.45, 7) is 5.54. The molecule has 0 aliphatic rings. The molecule has 0 aliphatic carbocycles. The van der Waals surface area contributed by atoms with Crippen LogP contribution >= 0.6 is 0 Å². The quantitative estimate of drug-likeness (QED) is 0.412. The predicted molar refractivity (Wildman–Crippen MR) is 118 cm³/mol. The standard InChI is InChI=1S/C26H25NO/c1-19-14-15-20(2)25(16-19)27-17-22-9-4-6-13-26(22)28-18-23-11-7-10-21-8-3-5-12-24(21)23/h3-16,27H,17-18H2,1-2H3. The monoisotopic (exact) mass is 367 g/mol. The lowest BCUT2D eigenvalue weighted by molar-refractivity contribution is 0.304. The highest BCUT2D eigenvalue weighted by molar-refractivity contribution is 5.85. The second-order valence-corrected chi connectivity index (χ2v) is 7.21. The van der Waals surface area contributed by atoms with E-state index in [1.807, 2.05) is 12.1 Å². The third-order valence-electron chi connectivity index (χ3n) is 5.10. The first kappa shape index (κ1) is 18.1. The third kappa shape index (κ3) is 4.01. The molecule has 0 aliphatic heterocycles. The molecule has 0 aromatic heterocycles. The highest BCUT2D eigenvalue weighted by Gasteiger charge is 2.07. The van der Waals surface area contributed by atoms with Crippen LogP contribution in [0.3, 0.4) is 0 Å². The Bertz CT molecular complexity index is 1100. The normalized spacial score (nSPS) is 10.8. The summed E-state index contributed by atoms with van der Waals surface area (Å²) in [5.41, 5.74) is 6.04. The largest absolute Gasteiger partial charge is 0.489 e. The van der Waals surface area contributed by atoms with Crippen LogP contribution in [0, 0.1) is 13.8 Å². The number of nitrogens with one attached hydrogen (secondary N) is 1. The van der Waals surface area contributed by atoms with Crippen LogP contribution < -0.4 is 10.1 Å². The van der Waals surface area contributed by atoms with E-state index in [-0.39, 0.29) is 0 Å². The molecule has 0 saturated carbocycles. The summed E-state index contributed by atoms with van der Waals surface area (Å²) in [5, 5.41) is 6.05. The SMILES string of the molecule is Cc1ccc(C)c(NCc2ccccc2OCc2cccc3ccccc23)c1. The van der Waals surface area contributed by atoms with E-state index in [2.05, 4.69) is 92.0 Å². The molecule has 0 amide bonds. The van der Waals surface area contributed by atoms with Gasteiger partial charge < -0.3 is 10.1 Å². The Morgan fingerprint density at radius 1 is 0.750 bits per heavy atom. The molecule has 0 atom stereocenters. The van der Waals surface area contributed by atoms with Crippen molar-refractivity contribution in [3.05, 3.63) is 107 Å². The van der Waals surface area contributed by atoms with Gasteiger partial charge in [0.2, 0.25) is 0 Å². The van der Waals surface area contributed by atoms with Crippen LogP contribution in [-0.2, 0) is 13.2 Å². The molecule has 0 spiro atoms. The van der Waals surface area contributed by atoms with Gasteiger partial charge >= 0.3 is 0 Å². The van der Waals surface area contributed by atoms with Gasteiger partial charge in [0.05, 0.1) is 0 Å². The highest BCUT2D eigenvalue weighted by Crippen LogP contribution is 2.25. The predicted octanol–water partition coefficient (Wildman–Crippen LogP) is 6.65. The van der Waals surface area contributed by atoms with Crippen molar-refractivity contribution in [3.8, 4) is 5.75 Å². The molecule has 4 rings (SSSR count). The number of para-hydroxylation sites is 1. The van der Waals surface area contributed by atoms with Gasteiger partial charge in [0.25, 0.3) is 0 Å². The Labute approximate surface area is 166 Å². The molecule has 0 bridgehead atoms. The molecule has 1 N–H and O–H groups in total. The van der Waals surface area contributed by atoms with Gasteiger partial charge in [-0.2, -0.15) is 0 Å². The Hall–Kier alpha value is -3.26. The van der Waals surface area contributed by atoms with Gasteiger partial charge in [-0.15, -0.1) is 0 Å². The van der Waals surface area contributed by atoms with E-state index < -0.39 is 0 Å². The Morgan fingerprint density at radius 3 is 2.43 bits per heavy atom. The van der Waals surface area contributed by atoms with Crippen molar-refractivity contribution in [2.45, 2.75) is 27.0 Å². The van der Waals surface area contributed by atoms with E-state index in [0.717, 1.165) is 17.9 Å². The minimum absolute atomic E-state index is 0.557. The minimum Gasteiger partial charge on any atom is -0.489 e. The first-order chi connectivity index (χ1) is 13.7. The zero-order chi connectivity index (χ0) is 19.3. The van der Waals surface area contributed by atoms with Gasteiger partial charge in [0.15, 0.2) is 0 Å². The molecule has 0 heterocycles.